The summed E-state index contributed by atoms with van der Waals surface area (Å²) in [7, 11) is 1.65. The Balaban J connectivity index is 2.50. The predicted molar refractivity (Wildman–Crippen MR) is 100 cm³/mol. The summed E-state index contributed by atoms with van der Waals surface area (Å²) in [6.07, 6.45) is 0. The second-order valence-corrected chi connectivity index (χ2v) is 7.37. The zero-order chi connectivity index (χ0) is 16.9. The third-order valence-corrected chi connectivity index (χ3v) is 5.20. The Morgan fingerprint density at radius 2 is 1.83 bits per heavy atom. The van der Waals surface area contributed by atoms with E-state index in [1.165, 1.54) is 0 Å². The summed E-state index contributed by atoms with van der Waals surface area (Å²) in [5.41, 5.74) is 3.77. The number of fused-ring (bicyclic) bond motifs is 1. The van der Waals surface area contributed by atoms with Crippen LogP contribution in [-0.4, -0.2) is 21.6 Å². The molecule has 120 valence electrons. The van der Waals surface area contributed by atoms with Crippen molar-refractivity contribution in [2.45, 2.75) is 20.8 Å². The quantitative estimate of drug-likeness (QED) is 0.473. The fourth-order valence-electron chi connectivity index (χ4n) is 2.70. The maximum absolute atomic E-state index is 6.36. The average molecular weight is 460 g/mol. The van der Waals surface area contributed by atoms with E-state index >= 15 is 0 Å². The lowest BCUT2D eigenvalue weighted by atomic mass is 10.2. The summed E-state index contributed by atoms with van der Waals surface area (Å²) in [5.74, 6) is 1.37. The molecule has 0 aliphatic heterocycles. The summed E-state index contributed by atoms with van der Waals surface area (Å²) in [6, 6.07) is 3.91. The molecular weight excluding hydrogens is 445 g/mol. The third kappa shape index (κ3) is 2.66. The molecule has 0 fully saturated rings. The fourth-order valence-corrected chi connectivity index (χ4v) is 4.42. The van der Waals surface area contributed by atoms with Gasteiger partial charge in [-0.1, -0.05) is 27.5 Å². The molecule has 0 unspecified atom stereocenters. The summed E-state index contributed by atoms with van der Waals surface area (Å²) in [6.45, 7) is 5.90. The highest BCUT2D eigenvalue weighted by atomic mass is 79.9. The molecule has 0 saturated heterocycles. The molecule has 0 saturated carbocycles. The molecule has 0 spiro atoms. The molecule has 0 N–H and O–H groups in total. The Hall–Kier alpha value is -1.11. The summed E-state index contributed by atoms with van der Waals surface area (Å²) in [5, 5.41) is 1.34. The van der Waals surface area contributed by atoms with Crippen LogP contribution in [0.1, 0.15) is 17.1 Å². The number of ether oxygens (including phenoxy) is 1. The van der Waals surface area contributed by atoms with Crippen molar-refractivity contribution in [3.8, 4) is 11.4 Å². The Morgan fingerprint density at radius 1 is 1.13 bits per heavy atom. The highest BCUT2D eigenvalue weighted by Crippen LogP contribution is 2.39. The van der Waals surface area contributed by atoms with Gasteiger partial charge in [-0.05, 0) is 54.4 Å². The van der Waals surface area contributed by atoms with Crippen molar-refractivity contribution in [3.05, 3.63) is 43.3 Å². The number of hydrogen-bond acceptors (Lipinski definition) is 3. The SMILES string of the molecule is COc1cc(Br)cc(Br)c1-n1c(C)c(C)c2c(Cl)nc(C)nc21. The molecule has 0 aliphatic carbocycles. The van der Waals surface area contributed by atoms with Crippen LogP contribution in [0.5, 0.6) is 5.75 Å². The first-order valence-corrected chi connectivity index (χ1v) is 8.86. The molecule has 0 atom stereocenters. The van der Waals surface area contributed by atoms with E-state index in [1.54, 1.807) is 7.11 Å². The number of aryl methyl sites for hydroxylation is 2. The summed E-state index contributed by atoms with van der Waals surface area (Å²) in [4.78, 5) is 8.89. The fraction of sp³-hybridized carbons (Fsp3) is 0.250. The Bertz CT molecular complexity index is 937. The number of hydrogen-bond donors (Lipinski definition) is 0. The van der Waals surface area contributed by atoms with Crippen molar-refractivity contribution in [2.75, 3.05) is 7.11 Å². The molecule has 4 nitrogen and oxygen atoms in total. The van der Waals surface area contributed by atoms with Gasteiger partial charge >= 0.3 is 0 Å². The van der Waals surface area contributed by atoms with Crippen molar-refractivity contribution < 1.29 is 4.74 Å². The van der Waals surface area contributed by atoms with E-state index in [-0.39, 0.29) is 0 Å². The van der Waals surface area contributed by atoms with Gasteiger partial charge in [0.1, 0.15) is 28.1 Å². The first kappa shape index (κ1) is 16.7. The molecule has 0 amide bonds. The average Bonchev–Trinajstić information content (AvgIpc) is 2.70. The van der Waals surface area contributed by atoms with Crippen LogP contribution in [0.3, 0.4) is 0 Å². The van der Waals surface area contributed by atoms with Gasteiger partial charge in [-0.25, -0.2) is 9.97 Å². The van der Waals surface area contributed by atoms with Crippen LogP contribution in [0.2, 0.25) is 5.15 Å². The van der Waals surface area contributed by atoms with Crippen LogP contribution in [-0.2, 0) is 0 Å². The molecular formula is C16H14Br2ClN3O. The van der Waals surface area contributed by atoms with Crippen LogP contribution in [0, 0.1) is 20.8 Å². The zero-order valence-electron chi connectivity index (χ0n) is 13.0. The van der Waals surface area contributed by atoms with E-state index in [0.29, 0.717) is 11.0 Å². The van der Waals surface area contributed by atoms with Crippen molar-refractivity contribution in [1.29, 1.82) is 0 Å². The first-order valence-electron chi connectivity index (χ1n) is 6.90. The van der Waals surface area contributed by atoms with Crippen molar-refractivity contribution in [2.24, 2.45) is 0 Å². The van der Waals surface area contributed by atoms with Gasteiger partial charge in [-0.2, -0.15) is 0 Å². The molecule has 0 radical (unpaired) electrons. The molecule has 7 heteroatoms. The Morgan fingerprint density at radius 3 is 2.48 bits per heavy atom. The lowest BCUT2D eigenvalue weighted by Gasteiger charge is -2.15. The van der Waals surface area contributed by atoms with E-state index in [1.807, 2.05) is 32.9 Å². The standard InChI is InChI=1S/C16H14Br2ClN3O/c1-7-8(2)22(16-13(7)15(19)20-9(3)21-16)14-11(18)5-10(17)6-12(14)23-4/h5-6H,1-4H3. The van der Waals surface area contributed by atoms with Crippen LogP contribution in [0.4, 0.5) is 0 Å². The Kier molecular flexibility index (Phi) is 4.42. The largest absolute Gasteiger partial charge is 0.494 e. The van der Waals surface area contributed by atoms with E-state index in [9.17, 15) is 0 Å². The van der Waals surface area contributed by atoms with Crippen molar-refractivity contribution in [3.63, 3.8) is 0 Å². The van der Waals surface area contributed by atoms with Gasteiger partial charge in [0.2, 0.25) is 0 Å². The number of halogens is 3. The van der Waals surface area contributed by atoms with Gasteiger partial charge in [0.05, 0.1) is 12.5 Å². The van der Waals surface area contributed by atoms with Crippen LogP contribution >= 0.6 is 43.5 Å². The maximum Gasteiger partial charge on any atom is 0.150 e. The van der Waals surface area contributed by atoms with Gasteiger partial charge in [-0.15, -0.1) is 0 Å². The lowest BCUT2D eigenvalue weighted by Crippen LogP contribution is -2.03. The lowest BCUT2D eigenvalue weighted by molar-refractivity contribution is 0.412. The van der Waals surface area contributed by atoms with E-state index in [2.05, 4.69) is 46.4 Å². The number of benzene rings is 1. The van der Waals surface area contributed by atoms with Gasteiger partial charge in [0.15, 0.2) is 0 Å². The highest BCUT2D eigenvalue weighted by Gasteiger charge is 2.22. The number of rotatable bonds is 2. The van der Waals surface area contributed by atoms with E-state index in [4.69, 9.17) is 16.3 Å². The minimum absolute atomic E-state index is 0.471. The van der Waals surface area contributed by atoms with Crippen LogP contribution < -0.4 is 4.74 Å². The molecule has 3 aromatic rings. The number of nitrogens with zero attached hydrogens (tertiary/aromatic N) is 3. The smallest absolute Gasteiger partial charge is 0.150 e. The van der Waals surface area contributed by atoms with Crippen LogP contribution in [0.25, 0.3) is 16.7 Å². The molecule has 1 aromatic carbocycles. The summed E-state index contributed by atoms with van der Waals surface area (Å²) < 4.78 is 9.46. The number of aromatic nitrogens is 3. The Labute approximate surface area is 156 Å². The number of methoxy groups -OCH3 is 1. The van der Waals surface area contributed by atoms with Gasteiger partial charge in [-0.3, -0.25) is 4.57 Å². The molecule has 3 rings (SSSR count). The minimum Gasteiger partial charge on any atom is -0.494 e. The molecule has 2 aromatic heterocycles. The second kappa shape index (κ2) is 6.07. The predicted octanol–water partition coefficient (Wildman–Crippen LogP) is 5.53. The zero-order valence-corrected chi connectivity index (χ0v) is 17.0. The first-order chi connectivity index (χ1) is 10.8. The molecule has 0 bridgehead atoms. The summed E-state index contributed by atoms with van der Waals surface area (Å²) >= 11 is 13.5. The maximum atomic E-state index is 6.36. The van der Waals surface area contributed by atoms with Crippen molar-refractivity contribution in [1.82, 2.24) is 14.5 Å². The minimum atomic E-state index is 0.471. The van der Waals surface area contributed by atoms with E-state index in [0.717, 1.165) is 42.7 Å². The second-order valence-electron chi connectivity index (χ2n) is 5.24. The third-order valence-electron chi connectivity index (χ3n) is 3.86. The van der Waals surface area contributed by atoms with Gasteiger partial charge < -0.3 is 4.74 Å². The molecule has 2 heterocycles. The van der Waals surface area contributed by atoms with Gasteiger partial charge in [0, 0.05) is 14.6 Å². The molecule has 23 heavy (non-hydrogen) atoms. The normalized spacial score (nSPS) is 11.3. The topological polar surface area (TPSA) is 39.9 Å². The molecule has 0 aliphatic rings. The highest BCUT2D eigenvalue weighted by molar-refractivity contribution is 9.11. The van der Waals surface area contributed by atoms with E-state index < -0.39 is 0 Å². The van der Waals surface area contributed by atoms with Gasteiger partial charge in [0.25, 0.3) is 0 Å². The van der Waals surface area contributed by atoms with Crippen LogP contribution in [0.15, 0.2) is 21.1 Å². The monoisotopic (exact) mass is 457 g/mol. The van der Waals surface area contributed by atoms with Crippen molar-refractivity contribution >= 4 is 54.5 Å².